The molecule has 3 N–H and O–H groups in total. The van der Waals surface area contributed by atoms with Crippen LogP contribution in [0.1, 0.15) is 25.3 Å². The van der Waals surface area contributed by atoms with Gasteiger partial charge in [0.05, 0.1) is 5.92 Å². The Balaban J connectivity index is 2.76. The first-order valence-corrected chi connectivity index (χ1v) is 6.24. The molecule has 0 saturated heterocycles. The standard InChI is InChI=1S/C13H19ClN2O/c1-3-5-10(8-15)13(17)16-12-7-4-6-11(14)9(12)2/h4,6-7,10H,3,5,8,15H2,1-2H3,(H,16,17). The summed E-state index contributed by atoms with van der Waals surface area (Å²) in [7, 11) is 0. The summed E-state index contributed by atoms with van der Waals surface area (Å²) in [5, 5.41) is 3.54. The minimum Gasteiger partial charge on any atom is -0.330 e. The highest BCUT2D eigenvalue weighted by Gasteiger charge is 2.16. The summed E-state index contributed by atoms with van der Waals surface area (Å²) >= 11 is 6.00. The number of benzene rings is 1. The lowest BCUT2D eigenvalue weighted by Crippen LogP contribution is -2.29. The number of hydrogen-bond donors (Lipinski definition) is 2. The van der Waals surface area contributed by atoms with E-state index in [1.54, 1.807) is 6.07 Å². The van der Waals surface area contributed by atoms with Crippen LogP contribution in [0.4, 0.5) is 5.69 Å². The molecule has 0 aliphatic carbocycles. The van der Waals surface area contributed by atoms with Crippen LogP contribution in [0.25, 0.3) is 0 Å². The highest BCUT2D eigenvalue weighted by atomic mass is 35.5. The number of hydrogen-bond acceptors (Lipinski definition) is 2. The number of amides is 1. The Hall–Kier alpha value is -1.06. The molecule has 0 aliphatic heterocycles. The summed E-state index contributed by atoms with van der Waals surface area (Å²) in [5.41, 5.74) is 7.24. The molecule has 0 bridgehead atoms. The molecule has 3 nitrogen and oxygen atoms in total. The maximum absolute atomic E-state index is 12.0. The molecule has 94 valence electrons. The molecule has 0 heterocycles. The van der Waals surface area contributed by atoms with Gasteiger partial charge in [-0.15, -0.1) is 0 Å². The molecule has 1 atom stereocenters. The molecule has 4 heteroatoms. The van der Waals surface area contributed by atoms with Gasteiger partial charge in [0.2, 0.25) is 5.91 Å². The van der Waals surface area contributed by atoms with Gasteiger partial charge in [-0.05, 0) is 31.0 Å². The highest BCUT2D eigenvalue weighted by molar-refractivity contribution is 6.31. The largest absolute Gasteiger partial charge is 0.330 e. The summed E-state index contributed by atoms with van der Waals surface area (Å²) < 4.78 is 0. The van der Waals surface area contributed by atoms with Gasteiger partial charge in [-0.2, -0.15) is 0 Å². The second kappa shape index (κ2) is 6.62. The summed E-state index contributed by atoms with van der Waals surface area (Å²) in [5.74, 6) is -0.155. The van der Waals surface area contributed by atoms with Gasteiger partial charge in [0.15, 0.2) is 0 Å². The molecule has 0 saturated carbocycles. The number of rotatable bonds is 5. The second-order valence-corrected chi connectivity index (χ2v) is 4.53. The quantitative estimate of drug-likeness (QED) is 0.849. The fourth-order valence-electron chi connectivity index (χ4n) is 1.68. The van der Waals surface area contributed by atoms with Crippen LogP contribution in [0.15, 0.2) is 18.2 Å². The monoisotopic (exact) mass is 254 g/mol. The molecule has 1 amide bonds. The third-order valence-electron chi connectivity index (χ3n) is 2.82. The molecular weight excluding hydrogens is 236 g/mol. The van der Waals surface area contributed by atoms with E-state index in [1.807, 2.05) is 26.0 Å². The Morgan fingerprint density at radius 1 is 1.53 bits per heavy atom. The van der Waals surface area contributed by atoms with E-state index in [2.05, 4.69) is 5.32 Å². The zero-order valence-electron chi connectivity index (χ0n) is 10.3. The van der Waals surface area contributed by atoms with Crippen LogP contribution < -0.4 is 11.1 Å². The first kappa shape index (κ1) is 14.0. The van der Waals surface area contributed by atoms with Crippen molar-refractivity contribution >= 4 is 23.2 Å². The Bertz CT molecular complexity index is 393. The smallest absolute Gasteiger partial charge is 0.228 e. The second-order valence-electron chi connectivity index (χ2n) is 4.12. The Labute approximate surface area is 107 Å². The molecule has 0 aliphatic rings. The van der Waals surface area contributed by atoms with E-state index < -0.39 is 0 Å². The summed E-state index contributed by atoms with van der Waals surface area (Å²) in [4.78, 5) is 12.0. The Kier molecular flexibility index (Phi) is 5.45. The number of nitrogens with two attached hydrogens (primary N) is 1. The zero-order valence-corrected chi connectivity index (χ0v) is 11.1. The maximum Gasteiger partial charge on any atom is 0.228 e. The average Bonchev–Trinajstić information content (AvgIpc) is 2.31. The fourth-order valence-corrected chi connectivity index (χ4v) is 1.86. The van der Waals surface area contributed by atoms with Crippen molar-refractivity contribution in [1.82, 2.24) is 0 Å². The van der Waals surface area contributed by atoms with Gasteiger partial charge in [-0.25, -0.2) is 0 Å². The third-order valence-corrected chi connectivity index (χ3v) is 3.23. The number of carbonyl (C=O) groups is 1. The maximum atomic E-state index is 12.0. The average molecular weight is 255 g/mol. The van der Waals surface area contributed by atoms with Gasteiger partial charge in [0.1, 0.15) is 0 Å². The third kappa shape index (κ3) is 3.72. The van der Waals surface area contributed by atoms with Crippen LogP contribution in [0.5, 0.6) is 0 Å². The van der Waals surface area contributed by atoms with Crippen molar-refractivity contribution in [2.24, 2.45) is 11.7 Å². The van der Waals surface area contributed by atoms with Crippen molar-refractivity contribution in [3.63, 3.8) is 0 Å². The van der Waals surface area contributed by atoms with Gasteiger partial charge >= 0.3 is 0 Å². The lowest BCUT2D eigenvalue weighted by molar-refractivity contribution is -0.119. The minimum absolute atomic E-state index is 0.0280. The van der Waals surface area contributed by atoms with E-state index in [4.69, 9.17) is 17.3 Å². The van der Waals surface area contributed by atoms with Crippen molar-refractivity contribution in [2.75, 3.05) is 11.9 Å². The summed E-state index contributed by atoms with van der Waals surface area (Å²) in [6.07, 6.45) is 1.76. The lowest BCUT2D eigenvalue weighted by atomic mass is 10.0. The molecule has 1 rings (SSSR count). The van der Waals surface area contributed by atoms with Gasteiger partial charge in [0, 0.05) is 17.3 Å². The minimum atomic E-state index is -0.126. The summed E-state index contributed by atoms with van der Waals surface area (Å²) in [6, 6.07) is 5.47. The van der Waals surface area contributed by atoms with E-state index in [0.717, 1.165) is 24.1 Å². The van der Waals surface area contributed by atoms with E-state index in [-0.39, 0.29) is 11.8 Å². The molecule has 0 aromatic heterocycles. The van der Waals surface area contributed by atoms with E-state index in [0.29, 0.717) is 11.6 Å². The molecule has 1 aromatic rings. The van der Waals surface area contributed by atoms with Crippen molar-refractivity contribution in [2.45, 2.75) is 26.7 Å². The molecule has 0 fully saturated rings. The van der Waals surface area contributed by atoms with Crippen LogP contribution in [-0.4, -0.2) is 12.5 Å². The number of nitrogens with one attached hydrogen (secondary N) is 1. The first-order chi connectivity index (χ1) is 8.10. The predicted molar refractivity (Wildman–Crippen MR) is 72.3 cm³/mol. The van der Waals surface area contributed by atoms with Crippen molar-refractivity contribution in [3.8, 4) is 0 Å². The highest BCUT2D eigenvalue weighted by Crippen LogP contribution is 2.23. The van der Waals surface area contributed by atoms with Crippen LogP contribution >= 0.6 is 11.6 Å². The molecule has 0 radical (unpaired) electrons. The summed E-state index contributed by atoms with van der Waals surface area (Å²) in [6.45, 7) is 4.30. The normalized spacial score (nSPS) is 12.2. The SMILES string of the molecule is CCCC(CN)C(=O)Nc1cccc(Cl)c1C. The number of halogens is 1. The molecule has 1 aromatic carbocycles. The fraction of sp³-hybridized carbons (Fsp3) is 0.462. The molecule has 0 spiro atoms. The van der Waals surface area contributed by atoms with Gasteiger partial charge in [0.25, 0.3) is 0 Å². The first-order valence-electron chi connectivity index (χ1n) is 5.86. The van der Waals surface area contributed by atoms with E-state index in [1.165, 1.54) is 0 Å². The van der Waals surface area contributed by atoms with Crippen molar-refractivity contribution in [3.05, 3.63) is 28.8 Å². The van der Waals surface area contributed by atoms with Crippen LogP contribution in [0.3, 0.4) is 0 Å². The van der Waals surface area contributed by atoms with Crippen LogP contribution in [-0.2, 0) is 4.79 Å². The number of anilines is 1. The van der Waals surface area contributed by atoms with E-state index in [9.17, 15) is 4.79 Å². The van der Waals surface area contributed by atoms with Crippen molar-refractivity contribution in [1.29, 1.82) is 0 Å². The molecular formula is C13H19ClN2O. The molecule has 17 heavy (non-hydrogen) atoms. The van der Waals surface area contributed by atoms with Gasteiger partial charge in [-0.1, -0.05) is 31.0 Å². The van der Waals surface area contributed by atoms with Crippen LogP contribution in [0.2, 0.25) is 5.02 Å². The zero-order chi connectivity index (χ0) is 12.8. The van der Waals surface area contributed by atoms with Gasteiger partial charge in [-0.3, -0.25) is 4.79 Å². The lowest BCUT2D eigenvalue weighted by Gasteiger charge is -2.15. The Morgan fingerprint density at radius 3 is 2.82 bits per heavy atom. The predicted octanol–water partition coefficient (Wildman–Crippen LogP) is 2.96. The Morgan fingerprint density at radius 2 is 2.24 bits per heavy atom. The topological polar surface area (TPSA) is 55.1 Å². The van der Waals surface area contributed by atoms with Gasteiger partial charge < -0.3 is 11.1 Å². The molecule has 1 unspecified atom stereocenters. The van der Waals surface area contributed by atoms with Crippen molar-refractivity contribution < 1.29 is 4.79 Å². The van der Waals surface area contributed by atoms with Crippen LogP contribution in [0, 0.1) is 12.8 Å². The number of carbonyl (C=O) groups excluding carboxylic acids is 1. The van der Waals surface area contributed by atoms with E-state index >= 15 is 0 Å².